The van der Waals surface area contributed by atoms with E-state index in [1.54, 1.807) is 11.8 Å². The van der Waals surface area contributed by atoms with E-state index in [0.717, 1.165) is 38.6 Å². The largest absolute Gasteiger partial charge is 0.486 e. The van der Waals surface area contributed by atoms with Crippen molar-refractivity contribution in [3.63, 3.8) is 0 Å². The number of ether oxygens (including phenoxy) is 1. The van der Waals surface area contributed by atoms with Gasteiger partial charge in [0.15, 0.2) is 11.0 Å². The Morgan fingerprint density at radius 3 is 2.52 bits per heavy atom. The van der Waals surface area contributed by atoms with Crippen LogP contribution in [-0.4, -0.2) is 14.8 Å². The Balaban J connectivity index is 1.45. The first-order valence-electron chi connectivity index (χ1n) is 9.40. The fraction of sp³-hybridized carbons (Fsp3) is 0.217. The molecule has 1 aromatic heterocycles. The van der Waals surface area contributed by atoms with Crippen LogP contribution in [0.5, 0.6) is 5.75 Å². The van der Waals surface area contributed by atoms with Gasteiger partial charge in [0.25, 0.3) is 0 Å². The summed E-state index contributed by atoms with van der Waals surface area (Å²) in [6, 6.07) is 18.8. The third-order valence-electron chi connectivity index (χ3n) is 4.94. The highest BCUT2D eigenvalue weighted by Crippen LogP contribution is 2.28. The normalized spacial score (nSPS) is 11.2. The first kappa shape index (κ1) is 19.8. The predicted octanol–water partition coefficient (Wildman–Crippen LogP) is 6.11. The van der Waals surface area contributed by atoms with Gasteiger partial charge in [-0.3, -0.25) is 0 Å². The van der Waals surface area contributed by atoms with Gasteiger partial charge in [0, 0.05) is 17.8 Å². The zero-order valence-electron chi connectivity index (χ0n) is 16.6. The molecule has 0 bridgehead atoms. The van der Waals surface area contributed by atoms with E-state index in [-0.39, 0.29) is 0 Å². The number of aromatic nitrogens is 3. The molecule has 6 heteroatoms. The lowest BCUT2D eigenvalue weighted by molar-refractivity contribution is 0.290. The monoisotopic (exact) mass is 423 g/mol. The number of benzene rings is 3. The number of nitrogens with zero attached hydrogens (tertiary/aromatic N) is 3. The molecule has 0 aliphatic carbocycles. The number of rotatable bonds is 6. The quantitative estimate of drug-likeness (QED) is 0.351. The van der Waals surface area contributed by atoms with Crippen molar-refractivity contribution >= 4 is 34.1 Å². The minimum atomic E-state index is 0.360. The first-order valence-corrected chi connectivity index (χ1v) is 10.8. The van der Waals surface area contributed by atoms with Crippen LogP contribution in [0.3, 0.4) is 0 Å². The Labute approximate surface area is 179 Å². The summed E-state index contributed by atoms with van der Waals surface area (Å²) in [5.74, 6) is 2.41. The molecule has 0 unspecified atom stereocenters. The first-order chi connectivity index (χ1) is 14.0. The molecule has 0 radical (unpaired) electrons. The number of hydrogen-bond acceptors (Lipinski definition) is 4. The predicted molar refractivity (Wildman–Crippen MR) is 120 cm³/mol. The van der Waals surface area contributed by atoms with Gasteiger partial charge in [-0.05, 0) is 53.4 Å². The standard InChI is InChI=1S/C23H22ClN3OS/c1-15-11-19(12-16(2)22(15)24)28-13-21-25-26-23(27(21)3)29-14-18-9-6-8-17-7-4-5-10-20(17)18/h4-12H,13-14H2,1-3H3. The fourth-order valence-corrected chi connectivity index (χ4v) is 4.34. The molecule has 4 aromatic rings. The third-order valence-corrected chi connectivity index (χ3v) is 6.60. The molecule has 4 rings (SSSR count). The average Bonchev–Trinajstić information content (AvgIpc) is 3.08. The van der Waals surface area contributed by atoms with E-state index in [2.05, 4.69) is 52.7 Å². The Hall–Kier alpha value is -2.50. The molecule has 0 N–H and O–H groups in total. The SMILES string of the molecule is Cc1cc(OCc2nnc(SCc3cccc4ccccc34)n2C)cc(C)c1Cl. The minimum Gasteiger partial charge on any atom is -0.486 e. The Bertz CT molecular complexity index is 1140. The molecular weight excluding hydrogens is 402 g/mol. The maximum atomic E-state index is 6.23. The van der Waals surface area contributed by atoms with Crippen LogP contribution in [0.2, 0.25) is 5.02 Å². The molecule has 4 nitrogen and oxygen atoms in total. The molecule has 0 aliphatic heterocycles. The second-order valence-electron chi connectivity index (χ2n) is 7.04. The summed E-state index contributed by atoms with van der Waals surface area (Å²) in [5, 5.41) is 12.8. The van der Waals surface area contributed by atoms with Crippen molar-refractivity contribution in [3.05, 3.63) is 82.1 Å². The summed E-state index contributed by atoms with van der Waals surface area (Å²) in [6.45, 7) is 4.32. The lowest BCUT2D eigenvalue weighted by Crippen LogP contribution is -2.04. The van der Waals surface area contributed by atoms with Gasteiger partial charge in [0.1, 0.15) is 12.4 Å². The summed E-state index contributed by atoms with van der Waals surface area (Å²) in [4.78, 5) is 0. The van der Waals surface area contributed by atoms with Crippen LogP contribution >= 0.6 is 23.4 Å². The molecule has 0 amide bonds. The van der Waals surface area contributed by atoms with E-state index in [0.29, 0.717) is 6.61 Å². The molecule has 0 fully saturated rings. The van der Waals surface area contributed by atoms with Gasteiger partial charge < -0.3 is 9.30 Å². The van der Waals surface area contributed by atoms with Gasteiger partial charge in [0.2, 0.25) is 0 Å². The fourth-order valence-electron chi connectivity index (χ4n) is 3.29. The molecule has 0 saturated heterocycles. The second-order valence-corrected chi connectivity index (χ2v) is 8.36. The zero-order valence-corrected chi connectivity index (χ0v) is 18.2. The van der Waals surface area contributed by atoms with E-state index >= 15 is 0 Å². The molecule has 0 aliphatic rings. The van der Waals surface area contributed by atoms with Crippen LogP contribution in [0, 0.1) is 13.8 Å². The van der Waals surface area contributed by atoms with E-state index in [9.17, 15) is 0 Å². The van der Waals surface area contributed by atoms with Gasteiger partial charge in [-0.1, -0.05) is 65.8 Å². The van der Waals surface area contributed by atoms with E-state index in [1.807, 2.05) is 37.6 Å². The van der Waals surface area contributed by atoms with Gasteiger partial charge in [-0.15, -0.1) is 10.2 Å². The molecule has 29 heavy (non-hydrogen) atoms. The van der Waals surface area contributed by atoms with Crippen molar-refractivity contribution in [1.29, 1.82) is 0 Å². The summed E-state index contributed by atoms with van der Waals surface area (Å²) < 4.78 is 7.92. The molecular formula is C23H22ClN3OS. The van der Waals surface area contributed by atoms with Crippen molar-refractivity contribution in [2.75, 3.05) is 0 Å². The van der Waals surface area contributed by atoms with Crippen LogP contribution < -0.4 is 4.74 Å². The lowest BCUT2D eigenvalue weighted by atomic mass is 10.1. The van der Waals surface area contributed by atoms with Crippen molar-refractivity contribution < 1.29 is 4.74 Å². The van der Waals surface area contributed by atoms with Crippen LogP contribution in [0.15, 0.2) is 59.8 Å². The Morgan fingerprint density at radius 2 is 1.72 bits per heavy atom. The molecule has 3 aromatic carbocycles. The van der Waals surface area contributed by atoms with E-state index in [1.165, 1.54) is 16.3 Å². The average molecular weight is 424 g/mol. The van der Waals surface area contributed by atoms with Gasteiger partial charge in [-0.2, -0.15) is 0 Å². The maximum absolute atomic E-state index is 6.23. The van der Waals surface area contributed by atoms with E-state index < -0.39 is 0 Å². The van der Waals surface area contributed by atoms with E-state index in [4.69, 9.17) is 16.3 Å². The van der Waals surface area contributed by atoms with Crippen molar-refractivity contribution in [2.24, 2.45) is 7.05 Å². The van der Waals surface area contributed by atoms with Crippen LogP contribution in [0.25, 0.3) is 10.8 Å². The highest BCUT2D eigenvalue weighted by atomic mass is 35.5. The number of halogens is 1. The second kappa shape index (κ2) is 8.47. The smallest absolute Gasteiger partial charge is 0.191 e. The van der Waals surface area contributed by atoms with Gasteiger partial charge >= 0.3 is 0 Å². The molecule has 1 heterocycles. The molecule has 0 saturated carbocycles. The van der Waals surface area contributed by atoms with Gasteiger partial charge in [0.05, 0.1) is 0 Å². The van der Waals surface area contributed by atoms with Crippen LogP contribution in [0.1, 0.15) is 22.5 Å². The third kappa shape index (κ3) is 4.26. The number of fused-ring (bicyclic) bond motifs is 1. The summed E-state index contributed by atoms with van der Waals surface area (Å²) in [6.07, 6.45) is 0. The number of thioether (sulfide) groups is 1. The molecule has 148 valence electrons. The summed E-state index contributed by atoms with van der Waals surface area (Å²) in [7, 11) is 1.97. The van der Waals surface area contributed by atoms with Crippen LogP contribution in [-0.2, 0) is 19.4 Å². The minimum absolute atomic E-state index is 0.360. The summed E-state index contributed by atoms with van der Waals surface area (Å²) in [5.41, 5.74) is 3.30. The highest BCUT2D eigenvalue weighted by molar-refractivity contribution is 7.98. The lowest BCUT2D eigenvalue weighted by Gasteiger charge is -2.10. The van der Waals surface area contributed by atoms with Crippen LogP contribution in [0.4, 0.5) is 0 Å². The van der Waals surface area contributed by atoms with Gasteiger partial charge in [-0.25, -0.2) is 0 Å². The Morgan fingerprint density at radius 1 is 1.00 bits per heavy atom. The van der Waals surface area contributed by atoms with Crippen molar-refractivity contribution in [1.82, 2.24) is 14.8 Å². The Kier molecular flexibility index (Phi) is 5.79. The number of aryl methyl sites for hydroxylation is 2. The maximum Gasteiger partial charge on any atom is 0.191 e. The molecule has 0 spiro atoms. The summed E-state index contributed by atoms with van der Waals surface area (Å²) >= 11 is 7.91. The number of hydrogen-bond donors (Lipinski definition) is 0. The van der Waals surface area contributed by atoms with Crippen molar-refractivity contribution in [3.8, 4) is 5.75 Å². The highest BCUT2D eigenvalue weighted by Gasteiger charge is 2.12. The van der Waals surface area contributed by atoms with Crippen molar-refractivity contribution in [2.45, 2.75) is 31.4 Å². The zero-order chi connectivity index (χ0) is 20.4. The molecule has 0 atom stereocenters. The topological polar surface area (TPSA) is 39.9 Å².